The summed E-state index contributed by atoms with van der Waals surface area (Å²) in [5.41, 5.74) is 3.07. The van der Waals surface area contributed by atoms with E-state index in [0.717, 1.165) is 43.1 Å². The molecule has 1 saturated heterocycles. The van der Waals surface area contributed by atoms with Crippen LogP contribution in [0, 0.1) is 19.8 Å². The van der Waals surface area contributed by atoms with E-state index in [2.05, 4.69) is 27.0 Å². The van der Waals surface area contributed by atoms with E-state index >= 15 is 0 Å². The van der Waals surface area contributed by atoms with Crippen molar-refractivity contribution < 1.29 is 18.6 Å². The normalized spacial score (nSPS) is 24.0. The van der Waals surface area contributed by atoms with Crippen LogP contribution in [-0.4, -0.2) is 58.7 Å². The number of hydrogen-bond donors (Lipinski definition) is 3. The summed E-state index contributed by atoms with van der Waals surface area (Å²) in [7, 11) is 0. The summed E-state index contributed by atoms with van der Waals surface area (Å²) in [6.45, 7) is 11.0. The molecule has 43 heavy (non-hydrogen) atoms. The molecule has 1 aromatic carbocycles. The van der Waals surface area contributed by atoms with Crippen LogP contribution >= 0.6 is 11.6 Å². The van der Waals surface area contributed by atoms with Gasteiger partial charge < -0.3 is 24.6 Å². The van der Waals surface area contributed by atoms with Gasteiger partial charge in [0.05, 0.1) is 10.7 Å². The van der Waals surface area contributed by atoms with E-state index in [1.54, 1.807) is 6.07 Å². The lowest BCUT2D eigenvalue weighted by Crippen LogP contribution is -2.51. The Morgan fingerprint density at radius 3 is 2.47 bits per heavy atom. The predicted octanol–water partition coefficient (Wildman–Crippen LogP) is 6.47. The Balaban J connectivity index is 1.36. The number of aliphatic hydroxyl groups excluding tert-OH is 1. The number of likely N-dealkylation sites (tertiary alicyclic amines) is 1. The third kappa shape index (κ3) is 7.55. The number of aromatic amines is 1. The van der Waals surface area contributed by atoms with Gasteiger partial charge >= 0.3 is 0 Å². The predicted molar refractivity (Wildman–Crippen MR) is 167 cm³/mol. The molecule has 0 radical (unpaired) electrons. The van der Waals surface area contributed by atoms with Crippen molar-refractivity contribution in [3.63, 3.8) is 0 Å². The van der Waals surface area contributed by atoms with Crippen molar-refractivity contribution >= 4 is 17.3 Å². The average Bonchev–Trinajstić information content (AvgIpc) is 2.93. The standard InChI is InChI=1S/C33H47ClF2N4O3/c1-5-40(23-6-10-33(35,36)11-7-23)29-18-26(43-25-15-24(16-25)39-12-8-20(2)9-13-39)17-27(30(29)34)31(41)37-19-28-21(3)14-22(4)38-32(28)42/h14,17-18,20,23-25,31,37,41H,5-13,15-16,19H2,1-4H3,(H,38,42). The van der Waals surface area contributed by atoms with Crippen LogP contribution in [-0.2, 0) is 6.54 Å². The number of nitrogens with one attached hydrogen (secondary N) is 2. The van der Waals surface area contributed by atoms with Crippen LogP contribution in [0.4, 0.5) is 14.5 Å². The number of pyridine rings is 1. The number of ether oxygens (including phenoxy) is 1. The molecular weight excluding hydrogens is 574 g/mol. The number of anilines is 1. The second-order valence-corrected chi connectivity index (χ2v) is 13.4. The fraction of sp³-hybridized carbons (Fsp3) is 0.667. The summed E-state index contributed by atoms with van der Waals surface area (Å²) in [4.78, 5) is 20.0. The van der Waals surface area contributed by atoms with E-state index in [9.17, 15) is 18.7 Å². The number of aryl methyl sites for hydroxylation is 2. The van der Waals surface area contributed by atoms with Crippen molar-refractivity contribution in [2.45, 2.75) is 116 Å². The highest BCUT2D eigenvalue weighted by molar-refractivity contribution is 6.34. The first kappa shape index (κ1) is 32.2. The molecule has 1 unspecified atom stereocenters. The minimum Gasteiger partial charge on any atom is -0.490 e. The van der Waals surface area contributed by atoms with Gasteiger partial charge in [0.15, 0.2) is 0 Å². The minimum atomic E-state index is -2.63. The fourth-order valence-corrected chi connectivity index (χ4v) is 7.29. The molecular formula is C33H47ClF2N4O3. The molecule has 1 aromatic heterocycles. The Bertz CT molecular complexity index is 1310. The Morgan fingerprint density at radius 2 is 1.84 bits per heavy atom. The molecule has 238 valence electrons. The Hall–Kier alpha value is -2.20. The molecule has 0 spiro atoms. The lowest BCUT2D eigenvalue weighted by molar-refractivity contribution is -0.0380. The molecule has 0 amide bonds. The molecule has 7 nitrogen and oxygen atoms in total. The molecule has 2 aliphatic carbocycles. The van der Waals surface area contributed by atoms with Gasteiger partial charge in [-0.25, -0.2) is 8.78 Å². The number of halogens is 3. The first-order valence-electron chi connectivity index (χ1n) is 15.9. The van der Waals surface area contributed by atoms with E-state index in [4.69, 9.17) is 16.3 Å². The van der Waals surface area contributed by atoms with Crippen molar-refractivity contribution in [1.29, 1.82) is 0 Å². The quantitative estimate of drug-likeness (QED) is 0.264. The van der Waals surface area contributed by atoms with Gasteiger partial charge in [-0.05, 0) is 83.2 Å². The number of H-pyrrole nitrogens is 1. The number of aliphatic hydroxyl groups is 1. The highest BCUT2D eigenvalue weighted by atomic mass is 35.5. The lowest BCUT2D eigenvalue weighted by atomic mass is 9.85. The SMILES string of the molecule is CCN(c1cc(OC2CC(N3CCC(C)CC3)C2)cc(C(O)NCc2c(C)cc(C)[nH]c2=O)c1Cl)C1CCC(F)(F)CC1. The maximum Gasteiger partial charge on any atom is 0.252 e. The Labute approximate surface area is 258 Å². The van der Waals surface area contributed by atoms with Gasteiger partial charge in [0.2, 0.25) is 5.92 Å². The first-order chi connectivity index (χ1) is 20.4. The molecule has 0 bridgehead atoms. The number of aromatic nitrogens is 1. The van der Waals surface area contributed by atoms with E-state index < -0.39 is 12.2 Å². The van der Waals surface area contributed by atoms with Crippen molar-refractivity contribution in [3.05, 3.63) is 56.0 Å². The second-order valence-electron chi connectivity index (χ2n) is 13.0. The summed E-state index contributed by atoms with van der Waals surface area (Å²) in [5.74, 6) is -1.23. The van der Waals surface area contributed by atoms with Gasteiger partial charge in [0.25, 0.3) is 5.56 Å². The van der Waals surface area contributed by atoms with Gasteiger partial charge in [-0.3, -0.25) is 10.1 Å². The van der Waals surface area contributed by atoms with E-state index in [1.165, 1.54) is 12.8 Å². The summed E-state index contributed by atoms with van der Waals surface area (Å²) >= 11 is 6.99. The van der Waals surface area contributed by atoms with Crippen molar-refractivity contribution in [3.8, 4) is 5.75 Å². The van der Waals surface area contributed by atoms with E-state index in [0.29, 0.717) is 53.0 Å². The molecule has 10 heteroatoms. The summed E-state index contributed by atoms with van der Waals surface area (Å²) < 4.78 is 34.5. The van der Waals surface area contributed by atoms with Gasteiger partial charge in [-0.15, -0.1) is 0 Å². The van der Waals surface area contributed by atoms with Gasteiger partial charge in [-0.1, -0.05) is 18.5 Å². The zero-order valence-corrected chi connectivity index (χ0v) is 26.7. The third-order valence-corrected chi connectivity index (χ3v) is 10.2. The summed E-state index contributed by atoms with van der Waals surface area (Å²) in [6.07, 6.45) is 3.71. The molecule has 3 fully saturated rings. The van der Waals surface area contributed by atoms with Crippen LogP contribution in [0.15, 0.2) is 23.0 Å². The molecule has 5 rings (SSSR count). The number of benzene rings is 1. The topological polar surface area (TPSA) is 80.8 Å². The number of nitrogens with zero attached hydrogens (tertiary/aromatic N) is 2. The van der Waals surface area contributed by atoms with Crippen LogP contribution in [0.5, 0.6) is 5.75 Å². The largest absolute Gasteiger partial charge is 0.490 e. The molecule has 1 atom stereocenters. The highest BCUT2D eigenvalue weighted by Crippen LogP contribution is 2.43. The number of alkyl halides is 2. The number of hydrogen-bond acceptors (Lipinski definition) is 6. The zero-order chi connectivity index (χ0) is 30.9. The fourth-order valence-electron chi connectivity index (χ4n) is 6.97. The van der Waals surface area contributed by atoms with Gasteiger partial charge in [0.1, 0.15) is 18.1 Å². The Morgan fingerprint density at radius 1 is 1.16 bits per heavy atom. The molecule has 3 N–H and O–H groups in total. The van der Waals surface area contributed by atoms with Gasteiger partial charge in [0, 0.05) is 73.7 Å². The van der Waals surface area contributed by atoms with Crippen molar-refractivity contribution in [2.24, 2.45) is 5.92 Å². The van der Waals surface area contributed by atoms with Crippen LogP contribution in [0.1, 0.15) is 93.8 Å². The molecule has 1 aliphatic heterocycles. The van der Waals surface area contributed by atoms with Crippen molar-refractivity contribution in [1.82, 2.24) is 15.2 Å². The smallest absolute Gasteiger partial charge is 0.252 e. The summed E-state index contributed by atoms with van der Waals surface area (Å²) in [5, 5.41) is 14.8. The molecule has 2 aromatic rings. The van der Waals surface area contributed by atoms with E-state index in [-0.39, 0.29) is 37.1 Å². The highest BCUT2D eigenvalue weighted by Gasteiger charge is 2.39. The van der Waals surface area contributed by atoms with Crippen molar-refractivity contribution in [2.75, 3.05) is 24.5 Å². The van der Waals surface area contributed by atoms with E-state index in [1.807, 2.05) is 32.9 Å². The maximum atomic E-state index is 14.0. The molecule has 2 saturated carbocycles. The first-order valence-corrected chi connectivity index (χ1v) is 16.3. The number of piperidine rings is 1. The monoisotopic (exact) mass is 620 g/mol. The molecule has 2 heterocycles. The van der Waals surface area contributed by atoms with Crippen LogP contribution < -0.4 is 20.5 Å². The minimum absolute atomic E-state index is 0.0635. The van der Waals surface area contributed by atoms with Crippen LogP contribution in [0.25, 0.3) is 0 Å². The second kappa shape index (κ2) is 13.4. The van der Waals surface area contributed by atoms with Gasteiger partial charge in [-0.2, -0.15) is 0 Å². The maximum absolute atomic E-state index is 14.0. The molecule has 3 aliphatic rings. The van der Waals surface area contributed by atoms with Crippen LogP contribution in [0.3, 0.4) is 0 Å². The number of rotatable bonds is 10. The Kier molecular flexibility index (Phi) is 10.1. The lowest BCUT2D eigenvalue weighted by Gasteiger charge is -2.45. The zero-order valence-electron chi connectivity index (χ0n) is 25.9. The summed E-state index contributed by atoms with van der Waals surface area (Å²) in [6, 6.07) is 6.02. The third-order valence-electron chi connectivity index (χ3n) is 9.80. The van der Waals surface area contributed by atoms with Crippen LogP contribution in [0.2, 0.25) is 5.02 Å². The average molecular weight is 621 g/mol.